The lowest BCUT2D eigenvalue weighted by molar-refractivity contribution is 0.104. The second-order valence-corrected chi connectivity index (χ2v) is 11.0. The molecule has 11 heteroatoms. The summed E-state index contributed by atoms with van der Waals surface area (Å²) in [5, 5.41) is 8.37. The summed E-state index contributed by atoms with van der Waals surface area (Å²) in [7, 11) is -8.07. The van der Waals surface area contributed by atoms with Crippen molar-refractivity contribution in [1.29, 1.82) is 0 Å². The number of carbonyl (C=O) groups is 1. The SMILES string of the molecule is NS(=O)(=O)c1ccc(N/C=C2\C(=O)c3ccccc3N(Cc3ccc(Cl)cc3)S2(=O)=O)cc1. The molecule has 1 aliphatic rings. The summed E-state index contributed by atoms with van der Waals surface area (Å²) in [6.07, 6.45) is 1.11. The van der Waals surface area contributed by atoms with Crippen molar-refractivity contribution in [2.45, 2.75) is 11.4 Å². The van der Waals surface area contributed by atoms with Gasteiger partial charge in [0.2, 0.25) is 15.8 Å². The van der Waals surface area contributed by atoms with Crippen LogP contribution in [0.2, 0.25) is 5.02 Å². The van der Waals surface area contributed by atoms with Gasteiger partial charge >= 0.3 is 0 Å². The largest absolute Gasteiger partial charge is 0.360 e. The summed E-state index contributed by atoms with van der Waals surface area (Å²) in [6, 6.07) is 18.6. The topological polar surface area (TPSA) is 127 Å². The summed E-state index contributed by atoms with van der Waals surface area (Å²) >= 11 is 5.93. The molecular weight excluding hydrogens is 486 g/mol. The maximum atomic E-state index is 13.4. The minimum Gasteiger partial charge on any atom is -0.360 e. The van der Waals surface area contributed by atoms with E-state index in [4.69, 9.17) is 16.7 Å². The number of nitrogens with one attached hydrogen (secondary N) is 1. The summed E-state index contributed by atoms with van der Waals surface area (Å²) in [5.74, 6) is -0.647. The van der Waals surface area contributed by atoms with Crippen LogP contribution in [0.1, 0.15) is 15.9 Å². The van der Waals surface area contributed by atoms with Gasteiger partial charge < -0.3 is 5.32 Å². The molecule has 170 valence electrons. The van der Waals surface area contributed by atoms with Gasteiger partial charge in [0.05, 0.1) is 17.1 Å². The molecule has 0 radical (unpaired) electrons. The van der Waals surface area contributed by atoms with Gasteiger partial charge in [-0.3, -0.25) is 9.10 Å². The molecule has 0 aromatic heterocycles. The second-order valence-electron chi connectivity index (χ2n) is 7.21. The van der Waals surface area contributed by atoms with Crippen LogP contribution in [0.3, 0.4) is 0 Å². The molecule has 33 heavy (non-hydrogen) atoms. The van der Waals surface area contributed by atoms with E-state index in [2.05, 4.69) is 5.32 Å². The standard InChI is InChI=1S/C22H18ClN3O5S2/c23-16-7-5-15(6-8-16)14-26-20-4-2-1-3-19(20)22(27)21(33(26,30)31)13-25-17-9-11-18(12-10-17)32(24,28)29/h1-13,25H,14H2,(H2,24,28,29)/b21-13+. The number of sulfonamides is 2. The van der Waals surface area contributed by atoms with Crippen molar-refractivity contribution >= 4 is 48.8 Å². The van der Waals surface area contributed by atoms with Crippen molar-refractivity contribution in [3.63, 3.8) is 0 Å². The molecule has 0 fully saturated rings. The van der Waals surface area contributed by atoms with Crippen molar-refractivity contribution in [2.24, 2.45) is 5.14 Å². The summed E-state index contributed by atoms with van der Waals surface area (Å²) in [4.78, 5) is 12.5. The van der Waals surface area contributed by atoms with Crippen LogP contribution in [-0.2, 0) is 26.6 Å². The molecule has 3 N–H and O–H groups in total. The highest BCUT2D eigenvalue weighted by molar-refractivity contribution is 7.97. The lowest BCUT2D eigenvalue weighted by atomic mass is 10.1. The van der Waals surface area contributed by atoms with E-state index in [0.29, 0.717) is 16.3 Å². The fraction of sp³-hybridized carbons (Fsp3) is 0.0455. The Morgan fingerprint density at radius 1 is 0.970 bits per heavy atom. The van der Waals surface area contributed by atoms with Crippen LogP contribution in [0, 0.1) is 0 Å². The summed E-state index contributed by atoms with van der Waals surface area (Å²) in [5.41, 5.74) is 1.60. The van der Waals surface area contributed by atoms with Crippen LogP contribution in [0.4, 0.5) is 11.4 Å². The lowest BCUT2D eigenvalue weighted by Crippen LogP contribution is -2.39. The molecule has 8 nitrogen and oxygen atoms in total. The first-order valence-corrected chi connectivity index (χ1v) is 12.9. The van der Waals surface area contributed by atoms with Crippen molar-refractivity contribution in [2.75, 3.05) is 9.62 Å². The maximum absolute atomic E-state index is 13.4. The molecule has 1 aliphatic heterocycles. The van der Waals surface area contributed by atoms with Crippen LogP contribution in [-0.4, -0.2) is 22.6 Å². The molecule has 0 bridgehead atoms. The molecular formula is C22H18ClN3O5S2. The van der Waals surface area contributed by atoms with Gasteiger partial charge in [0.25, 0.3) is 10.0 Å². The minimum atomic E-state index is -4.20. The van der Waals surface area contributed by atoms with Crippen LogP contribution in [0.5, 0.6) is 0 Å². The highest BCUT2D eigenvalue weighted by Gasteiger charge is 2.40. The van der Waals surface area contributed by atoms with E-state index in [1.54, 1.807) is 48.5 Å². The zero-order chi connectivity index (χ0) is 23.8. The second kappa shape index (κ2) is 8.64. The highest BCUT2D eigenvalue weighted by atomic mass is 35.5. The van der Waals surface area contributed by atoms with Gasteiger partial charge in [-0.15, -0.1) is 0 Å². The van der Waals surface area contributed by atoms with E-state index >= 15 is 0 Å². The number of rotatable bonds is 5. The van der Waals surface area contributed by atoms with Crippen molar-refractivity contribution < 1.29 is 21.6 Å². The Labute approximate surface area is 196 Å². The van der Waals surface area contributed by atoms with E-state index in [1.807, 2.05) is 0 Å². The molecule has 0 amide bonds. The van der Waals surface area contributed by atoms with Crippen LogP contribution in [0.15, 0.2) is 88.8 Å². The van der Waals surface area contributed by atoms with E-state index in [9.17, 15) is 21.6 Å². The Kier molecular flexibility index (Phi) is 6.02. The molecule has 3 aromatic carbocycles. The number of halogens is 1. The smallest absolute Gasteiger partial charge is 0.270 e. The first-order chi connectivity index (χ1) is 15.6. The predicted octanol–water partition coefficient (Wildman–Crippen LogP) is 3.47. The van der Waals surface area contributed by atoms with E-state index < -0.39 is 30.7 Å². The van der Waals surface area contributed by atoms with Crippen LogP contribution < -0.4 is 14.8 Å². The van der Waals surface area contributed by atoms with E-state index in [1.165, 1.54) is 28.6 Å². The number of carbonyl (C=O) groups excluding carboxylic acids is 1. The zero-order valence-electron chi connectivity index (χ0n) is 17.0. The Balaban J connectivity index is 1.72. The first-order valence-electron chi connectivity index (χ1n) is 9.58. The Hall–Kier alpha value is -3.18. The average molecular weight is 504 g/mol. The number of hydrogen-bond donors (Lipinski definition) is 2. The normalized spacial score (nSPS) is 16.5. The number of benzene rings is 3. The quantitative estimate of drug-likeness (QED) is 0.513. The van der Waals surface area contributed by atoms with Crippen molar-refractivity contribution in [3.8, 4) is 0 Å². The molecule has 0 aliphatic carbocycles. The fourth-order valence-corrected chi connectivity index (χ4v) is 5.50. The highest BCUT2D eigenvalue weighted by Crippen LogP contribution is 2.36. The van der Waals surface area contributed by atoms with Gasteiger partial charge in [-0.1, -0.05) is 35.9 Å². The molecule has 0 unspecified atom stereocenters. The third kappa shape index (κ3) is 4.64. The number of allylic oxidation sites excluding steroid dienone is 1. The number of hydrogen-bond acceptors (Lipinski definition) is 6. The molecule has 3 aromatic rings. The monoisotopic (exact) mass is 503 g/mol. The third-order valence-electron chi connectivity index (χ3n) is 5.00. The van der Waals surface area contributed by atoms with Gasteiger partial charge in [0.15, 0.2) is 4.91 Å². The average Bonchev–Trinajstić information content (AvgIpc) is 2.77. The zero-order valence-corrected chi connectivity index (χ0v) is 19.4. The molecule has 4 rings (SSSR count). The molecule has 0 spiro atoms. The number of fused-ring (bicyclic) bond motifs is 1. The number of nitrogens with zero attached hydrogens (tertiary/aromatic N) is 1. The fourth-order valence-electron chi connectivity index (χ4n) is 3.34. The van der Waals surface area contributed by atoms with Crippen LogP contribution >= 0.6 is 11.6 Å². The molecule has 1 heterocycles. The number of ketones is 1. The summed E-state index contributed by atoms with van der Waals surface area (Å²) < 4.78 is 50.9. The molecule has 0 saturated carbocycles. The Bertz CT molecular complexity index is 1470. The van der Waals surface area contributed by atoms with Gasteiger partial charge in [-0.25, -0.2) is 22.0 Å². The Morgan fingerprint density at radius 3 is 2.24 bits per heavy atom. The first kappa shape index (κ1) is 23.0. The van der Waals surface area contributed by atoms with E-state index in [0.717, 1.165) is 6.20 Å². The van der Waals surface area contributed by atoms with Gasteiger partial charge in [0.1, 0.15) is 0 Å². The lowest BCUT2D eigenvalue weighted by Gasteiger charge is -2.31. The van der Waals surface area contributed by atoms with Crippen LogP contribution in [0.25, 0.3) is 0 Å². The number of nitrogens with two attached hydrogens (primary N) is 1. The Morgan fingerprint density at radius 2 is 1.61 bits per heavy atom. The van der Waals surface area contributed by atoms with Gasteiger partial charge in [0, 0.05) is 22.5 Å². The molecule has 0 saturated heterocycles. The predicted molar refractivity (Wildman–Crippen MR) is 127 cm³/mol. The molecule has 0 atom stereocenters. The van der Waals surface area contributed by atoms with E-state index in [-0.39, 0.29) is 22.7 Å². The van der Waals surface area contributed by atoms with Crippen molar-refractivity contribution in [1.82, 2.24) is 0 Å². The number of primary sulfonamides is 1. The minimum absolute atomic E-state index is 0.00416. The van der Waals surface area contributed by atoms with Gasteiger partial charge in [-0.2, -0.15) is 0 Å². The van der Waals surface area contributed by atoms with Gasteiger partial charge in [-0.05, 0) is 54.1 Å². The van der Waals surface area contributed by atoms with Crippen molar-refractivity contribution in [3.05, 3.63) is 100 Å². The number of para-hydroxylation sites is 1. The third-order valence-corrected chi connectivity index (χ3v) is 7.95. The number of Topliss-reactive ketones (excluding diaryl/α,β-unsaturated/α-hetero) is 1. The maximum Gasteiger partial charge on any atom is 0.270 e. The summed E-state index contributed by atoms with van der Waals surface area (Å²) in [6.45, 7) is 0.00416. The number of anilines is 2.